The Morgan fingerprint density at radius 2 is 2.04 bits per heavy atom. The van der Waals surface area contributed by atoms with Gasteiger partial charge in [0, 0.05) is 32.6 Å². The molecule has 8 heteroatoms. The van der Waals surface area contributed by atoms with Crippen LogP contribution in [0, 0.1) is 0 Å². The third kappa shape index (κ3) is 3.70. The molecular weight excluding hydrogens is 340 g/mol. The summed E-state index contributed by atoms with van der Waals surface area (Å²) in [5.41, 5.74) is 0.786. The zero-order valence-electron chi connectivity index (χ0n) is 14.5. The van der Waals surface area contributed by atoms with E-state index >= 15 is 0 Å². The largest absolute Gasteiger partial charge is 0.384 e. The third-order valence-electron chi connectivity index (χ3n) is 3.87. The molecule has 2 aromatic heterocycles. The summed E-state index contributed by atoms with van der Waals surface area (Å²) in [7, 11) is 1.67. The molecule has 0 saturated heterocycles. The molecule has 0 bridgehead atoms. The second-order valence-corrected chi connectivity index (χ2v) is 6.55. The van der Waals surface area contributed by atoms with Gasteiger partial charge in [0.2, 0.25) is 5.78 Å². The molecule has 0 aliphatic heterocycles. The maximum absolute atomic E-state index is 12.9. The van der Waals surface area contributed by atoms with Crippen molar-refractivity contribution in [3.63, 3.8) is 0 Å². The highest BCUT2D eigenvalue weighted by Crippen LogP contribution is 2.21. The molecule has 0 aliphatic carbocycles. The molecule has 0 spiro atoms. The van der Waals surface area contributed by atoms with Crippen LogP contribution in [-0.2, 0) is 16.0 Å². The van der Waals surface area contributed by atoms with Crippen LogP contribution < -0.4 is 5.56 Å². The van der Waals surface area contributed by atoms with E-state index in [0.29, 0.717) is 37.5 Å². The van der Waals surface area contributed by atoms with E-state index < -0.39 is 0 Å². The van der Waals surface area contributed by atoms with Gasteiger partial charge in [0.25, 0.3) is 5.56 Å². The van der Waals surface area contributed by atoms with E-state index in [0.717, 1.165) is 22.8 Å². The Bertz CT molecular complexity index is 906. The van der Waals surface area contributed by atoms with Crippen molar-refractivity contribution in [2.75, 3.05) is 32.7 Å². The van der Waals surface area contributed by atoms with E-state index in [2.05, 4.69) is 10.2 Å². The van der Waals surface area contributed by atoms with Crippen molar-refractivity contribution in [3.05, 3.63) is 34.6 Å². The van der Waals surface area contributed by atoms with Crippen molar-refractivity contribution < 1.29 is 9.47 Å². The molecule has 3 aromatic rings. The van der Waals surface area contributed by atoms with Gasteiger partial charge in [-0.2, -0.15) is 0 Å². The second kappa shape index (κ2) is 8.46. The molecule has 0 atom stereocenters. The molecule has 2 heterocycles. The van der Waals surface area contributed by atoms with Gasteiger partial charge in [0.05, 0.1) is 17.5 Å². The molecule has 134 valence electrons. The van der Waals surface area contributed by atoms with E-state index in [1.165, 1.54) is 0 Å². The number of para-hydroxylation sites is 1. The third-order valence-corrected chi connectivity index (χ3v) is 4.76. The summed E-state index contributed by atoms with van der Waals surface area (Å²) >= 11 is 1.57. The predicted octanol–water partition coefficient (Wildman–Crippen LogP) is 2.21. The average Bonchev–Trinajstić information content (AvgIpc) is 3.05. The molecule has 1 aromatic carbocycles. The van der Waals surface area contributed by atoms with Gasteiger partial charge in [-0.3, -0.25) is 13.8 Å². The predicted molar refractivity (Wildman–Crippen MR) is 98.5 cm³/mol. The Morgan fingerprint density at radius 1 is 1.20 bits per heavy atom. The van der Waals surface area contributed by atoms with Crippen LogP contribution in [0.2, 0.25) is 0 Å². The van der Waals surface area contributed by atoms with Gasteiger partial charge in [-0.25, -0.2) is 0 Å². The molecule has 0 amide bonds. The topological polar surface area (TPSA) is 70.7 Å². The standard InChI is InChI=1S/C17H22N4O3S/c1-3-24-10-6-9-20-15(22)13-7-4-5-8-14(13)21-16(20)18-19-17(21)25-12-11-23-2/h4-5,7-8H,3,6,9-12H2,1-2H3. The quantitative estimate of drug-likeness (QED) is 0.429. The van der Waals surface area contributed by atoms with Crippen molar-refractivity contribution in [2.45, 2.75) is 25.0 Å². The SMILES string of the molecule is CCOCCCn1c(=O)c2ccccc2n2c(SCCOC)nnc12. The number of aromatic nitrogens is 4. The van der Waals surface area contributed by atoms with Crippen molar-refractivity contribution in [3.8, 4) is 0 Å². The van der Waals surface area contributed by atoms with Gasteiger partial charge in [0.15, 0.2) is 5.16 Å². The van der Waals surface area contributed by atoms with Gasteiger partial charge in [-0.1, -0.05) is 23.9 Å². The van der Waals surface area contributed by atoms with Crippen LogP contribution in [0.1, 0.15) is 13.3 Å². The van der Waals surface area contributed by atoms with Crippen molar-refractivity contribution in [2.24, 2.45) is 0 Å². The first-order chi connectivity index (χ1) is 12.3. The normalized spacial score (nSPS) is 11.6. The van der Waals surface area contributed by atoms with E-state index in [9.17, 15) is 4.79 Å². The number of fused-ring (bicyclic) bond motifs is 3. The van der Waals surface area contributed by atoms with Crippen molar-refractivity contribution >= 4 is 28.4 Å². The Balaban J connectivity index is 2.07. The Kier molecular flexibility index (Phi) is 6.06. The summed E-state index contributed by atoms with van der Waals surface area (Å²) in [6.45, 7) is 4.43. The molecule has 0 fully saturated rings. The Labute approximate surface area is 149 Å². The molecule has 0 N–H and O–H groups in total. The lowest BCUT2D eigenvalue weighted by molar-refractivity contribution is 0.141. The van der Waals surface area contributed by atoms with Crippen LogP contribution >= 0.6 is 11.8 Å². The zero-order valence-corrected chi connectivity index (χ0v) is 15.3. The molecule has 0 radical (unpaired) electrons. The minimum atomic E-state index is -0.0413. The number of methoxy groups -OCH3 is 1. The lowest BCUT2D eigenvalue weighted by Crippen LogP contribution is -2.24. The molecular formula is C17H22N4O3S. The first-order valence-corrected chi connectivity index (χ1v) is 9.32. The van der Waals surface area contributed by atoms with Crippen LogP contribution in [0.3, 0.4) is 0 Å². The van der Waals surface area contributed by atoms with Crippen molar-refractivity contribution in [1.82, 2.24) is 19.2 Å². The summed E-state index contributed by atoms with van der Waals surface area (Å²) in [6, 6.07) is 7.57. The van der Waals surface area contributed by atoms with Gasteiger partial charge in [0.1, 0.15) is 0 Å². The van der Waals surface area contributed by atoms with Crippen LogP contribution in [0.15, 0.2) is 34.2 Å². The Morgan fingerprint density at radius 3 is 2.84 bits per heavy atom. The van der Waals surface area contributed by atoms with Gasteiger partial charge in [-0.05, 0) is 25.5 Å². The number of aryl methyl sites for hydroxylation is 1. The lowest BCUT2D eigenvalue weighted by atomic mass is 10.2. The number of benzene rings is 1. The number of nitrogens with zero attached hydrogens (tertiary/aromatic N) is 4. The second-order valence-electron chi connectivity index (χ2n) is 5.48. The first kappa shape index (κ1) is 17.9. The van der Waals surface area contributed by atoms with Crippen molar-refractivity contribution in [1.29, 1.82) is 0 Å². The highest BCUT2D eigenvalue weighted by atomic mass is 32.2. The fraction of sp³-hybridized carbons (Fsp3) is 0.471. The molecule has 7 nitrogen and oxygen atoms in total. The van der Waals surface area contributed by atoms with Crippen LogP contribution in [0.25, 0.3) is 16.7 Å². The van der Waals surface area contributed by atoms with E-state index in [4.69, 9.17) is 9.47 Å². The molecule has 3 rings (SSSR count). The number of rotatable bonds is 9. The highest BCUT2D eigenvalue weighted by molar-refractivity contribution is 7.99. The summed E-state index contributed by atoms with van der Waals surface area (Å²) in [6.07, 6.45) is 0.751. The molecule has 0 aliphatic rings. The first-order valence-electron chi connectivity index (χ1n) is 8.34. The van der Waals surface area contributed by atoms with E-state index in [1.807, 2.05) is 35.6 Å². The van der Waals surface area contributed by atoms with E-state index in [-0.39, 0.29) is 5.56 Å². The average molecular weight is 362 g/mol. The summed E-state index contributed by atoms with van der Waals surface area (Å²) < 4.78 is 14.1. The smallest absolute Gasteiger partial charge is 0.262 e. The van der Waals surface area contributed by atoms with E-state index in [1.54, 1.807) is 23.4 Å². The molecule has 25 heavy (non-hydrogen) atoms. The highest BCUT2D eigenvalue weighted by Gasteiger charge is 2.16. The fourth-order valence-corrected chi connectivity index (χ4v) is 3.55. The van der Waals surface area contributed by atoms with Crippen LogP contribution in [-0.4, -0.2) is 51.8 Å². The monoisotopic (exact) mass is 362 g/mol. The summed E-state index contributed by atoms with van der Waals surface area (Å²) in [5.74, 6) is 1.34. The number of hydrogen-bond donors (Lipinski definition) is 0. The van der Waals surface area contributed by atoms with Gasteiger partial charge >= 0.3 is 0 Å². The van der Waals surface area contributed by atoms with Gasteiger partial charge < -0.3 is 9.47 Å². The Hall–Kier alpha value is -1.90. The lowest BCUT2D eigenvalue weighted by Gasteiger charge is -2.11. The minimum Gasteiger partial charge on any atom is -0.384 e. The van der Waals surface area contributed by atoms with Crippen LogP contribution in [0.4, 0.5) is 0 Å². The number of thioether (sulfide) groups is 1. The van der Waals surface area contributed by atoms with Gasteiger partial charge in [-0.15, -0.1) is 10.2 Å². The summed E-state index contributed by atoms with van der Waals surface area (Å²) in [4.78, 5) is 12.9. The molecule has 0 unspecified atom stereocenters. The fourth-order valence-electron chi connectivity index (χ4n) is 2.71. The number of hydrogen-bond acceptors (Lipinski definition) is 6. The minimum absolute atomic E-state index is 0.0413. The molecule has 0 saturated carbocycles. The number of ether oxygens (including phenoxy) is 2. The zero-order chi connectivity index (χ0) is 17.6. The maximum Gasteiger partial charge on any atom is 0.262 e. The summed E-state index contributed by atoms with van der Waals surface area (Å²) in [5, 5.41) is 10.0. The van der Waals surface area contributed by atoms with Crippen LogP contribution in [0.5, 0.6) is 0 Å². The maximum atomic E-state index is 12.9.